The Kier molecular flexibility index (Phi) is 3.32. The molecule has 90 valence electrons. The van der Waals surface area contributed by atoms with Gasteiger partial charge >= 0.3 is 0 Å². The van der Waals surface area contributed by atoms with Crippen molar-refractivity contribution < 1.29 is 4.74 Å². The molecule has 4 heteroatoms. The number of nitrogens with two attached hydrogens (primary N) is 1. The Morgan fingerprint density at radius 1 is 1.29 bits per heavy atom. The lowest BCUT2D eigenvalue weighted by molar-refractivity contribution is 0.409. The van der Waals surface area contributed by atoms with E-state index in [1.807, 2.05) is 25.1 Å². The maximum atomic E-state index is 5.61. The van der Waals surface area contributed by atoms with Crippen molar-refractivity contribution in [3.05, 3.63) is 41.2 Å². The molecule has 0 spiro atoms. The Balaban J connectivity index is 2.09. The van der Waals surface area contributed by atoms with Crippen LogP contribution in [-0.2, 0) is 12.8 Å². The number of imidazole rings is 1. The minimum absolute atomic E-state index is 0.484. The number of ether oxygens (including phenoxy) is 1. The number of hydrogen-bond acceptors (Lipinski definition) is 3. The summed E-state index contributed by atoms with van der Waals surface area (Å²) >= 11 is 0. The number of rotatable bonds is 4. The average molecular weight is 231 g/mol. The lowest BCUT2D eigenvalue weighted by Crippen LogP contribution is -1.97. The summed E-state index contributed by atoms with van der Waals surface area (Å²) in [6.07, 6.45) is 1.76. The van der Waals surface area contributed by atoms with E-state index in [-0.39, 0.29) is 0 Å². The zero-order valence-corrected chi connectivity index (χ0v) is 10.2. The number of nitrogens with one attached hydrogen (secondary N) is 1. The second kappa shape index (κ2) is 4.91. The van der Waals surface area contributed by atoms with Gasteiger partial charge in [0.25, 0.3) is 0 Å². The Labute approximate surface area is 101 Å². The third-order valence-corrected chi connectivity index (χ3v) is 2.83. The zero-order chi connectivity index (χ0) is 12.3. The zero-order valence-electron chi connectivity index (χ0n) is 10.2. The Bertz CT molecular complexity index is 505. The summed E-state index contributed by atoms with van der Waals surface area (Å²) in [5.74, 6) is 1.41. The summed E-state index contributed by atoms with van der Waals surface area (Å²) in [4.78, 5) is 7.27. The summed E-state index contributed by atoms with van der Waals surface area (Å²) in [7, 11) is 1.69. The molecule has 1 aromatic heterocycles. The highest BCUT2D eigenvalue weighted by atomic mass is 16.5. The number of nitrogens with zero attached hydrogens (tertiary/aromatic N) is 1. The van der Waals surface area contributed by atoms with E-state index in [0.717, 1.165) is 30.0 Å². The van der Waals surface area contributed by atoms with Gasteiger partial charge in [-0.15, -0.1) is 0 Å². The van der Waals surface area contributed by atoms with Crippen molar-refractivity contribution in [1.29, 1.82) is 0 Å². The van der Waals surface area contributed by atoms with Gasteiger partial charge in [-0.25, -0.2) is 4.98 Å². The van der Waals surface area contributed by atoms with E-state index in [9.17, 15) is 0 Å². The first-order valence-corrected chi connectivity index (χ1v) is 5.63. The number of hydrogen-bond donors (Lipinski definition) is 2. The molecule has 0 saturated heterocycles. The highest BCUT2D eigenvalue weighted by Crippen LogP contribution is 2.19. The Morgan fingerprint density at radius 3 is 2.71 bits per heavy atom. The SMILES string of the molecule is COc1ccccc1CCc1nc(N)[nH]c1C. The minimum atomic E-state index is 0.484. The summed E-state index contributed by atoms with van der Waals surface area (Å²) in [5, 5.41) is 0. The molecular weight excluding hydrogens is 214 g/mol. The number of aromatic nitrogens is 2. The van der Waals surface area contributed by atoms with Crippen molar-refractivity contribution in [3.63, 3.8) is 0 Å². The molecule has 17 heavy (non-hydrogen) atoms. The van der Waals surface area contributed by atoms with Crippen LogP contribution in [0.25, 0.3) is 0 Å². The molecule has 3 N–H and O–H groups in total. The number of aryl methyl sites for hydroxylation is 3. The van der Waals surface area contributed by atoms with Crippen molar-refractivity contribution in [2.24, 2.45) is 0 Å². The number of para-hydroxylation sites is 1. The minimum Gasteiger partial charge on any atom is -0.496 e. The smallest absolute Gasteiger partial charge is 0.197 e. The van der Waals surface area contributed by atoms with Crippen LogP contribution >= 0.6 is 0 Å². The van der Waals surface area contributed by atoms with E-state index >= 15 is 0 Å². The van der Waals surface area contributed by atoms with Gasteiger partial charge in [-0.05, 0) is 31.4 Å². The van der Waals surface area contributed by atoms with Gasteiger partial charge in [-0.3, -0.25) is 0 Å². The molecule has 0 radical (unpaired) electrons. The molecule has 0 aliphatic carbocycles. The fourth-order valence-electron chi connectivity index (χ4n) is 1.93. The molecule has 2 aromatic rings. The lowest BCUT2D eigenvalue weighted by Gasteiger charge is -2.07. The fourth-order valence-corrected chi connectivity index (χ4v) is 1.93. The van der Waals surface area contributed by atoms with Crippen molar-refractivity contribution in [1.82, 2.24) is 9.97 Å². The Hall–Kier alpha value is -1.97. The maximum Gasteiger partial charge on any atom is 0.197 e. The normalized spacial score (nSPS) is 10.5. The third kappa shape index (κ3) is 2.58. The van der Waals surface area contributed by atoms with Crippen LogP contribution in [-0.4, -0.2) is 17.1 Å². The molecular formula is C13H17N3O. The van der Waals surface area contributed by atoms with Crippen LogP contribution in [0.4, 0.5) is 5.95 Å². The molecule has 0 fully saturated rings. The molecule has 0 atom stereocenters. The monoisotopic (exact) mass is 231 g/mol. The molecule has 0 bridgehead atoms. The van der Waals surface area contributed by atoms with E-state index in [2.05, 4.69) is 16.0 Å². The highest BCUT2D eigenvalue weighted by Gasteiger charge is 2.07. The fraction of sp³-hybridized carbons (Fsp3) is 0.308. The van der Waals surface area contributed by atoms with Crippen molar-refractivity contribution in [2.75, 3.05) is 12.8 Å². The van der Waals surface area contributed by atoms with Gasteiger partial charge in [0.1, 0.15) is 5.75 Å². The van der Waals surface area contributed by atoms with Gasteiger partial charge in [0.05, 0.1) is 12.8 Å². The van der Waals surface area contributed by atoms with Gasteiger partial charge in [0.2, 0.25) is 0 Å². The number of benzene rings is 1. The number of H-pyrrole nitrogens is 1. The molecule has 1 aromatic carbocycles. The van der Waals surface area contributed by atoms with E-state index in [1.165, 1.54) is 5.56 Å². The molecule has 0 amide bonds. The number of methoxy groups -OCH3 is 1. The van der Waals surface area contributed by atoms with Gasteiger partial charge in [0.15, 0.2) is 5.95 Å². The summed E-state index contributed by atoms with van der Waals surface area (Å²) < 4.78 is 5.32. The van der Waals surface area contributed by atoms with Crippen LogP contribution in [0, 0.1) is 6.92 Å². The van der Waals surface area contributed by atoms with Crippen LogP contribution in [0.2, 0.25) is 0 Å². The van der Waals surface area contributed by atoms with Gasteiger partial charge in [0, 0.05) is 5.69 Å². The molecule has 4 nitrogen and oxygen atoms in total. The van der Waals surface area contributed by atoms with Gasteiger partial charge in [-0.2, -0.15) is 0 Å². The van der Waals surface area contributed by atoms with Gasteiger partial charge in [-0.1, -0.05) is 18.2 Å². The van der Waals surface area contributed by atoms with Crippen LogP contribution in [0.3, 0.4) is 0 Å². The van der Waals surface area contributed by atoms with Crippen LogP contribution in [0.15, 0.2) is 24.3 Å². The first-order valence-electron chi connectivity index (χ1n) is 5.63. The summed E-state index contributed by atoms with van der Waals surface area (Å²) in [5.41, 5.74) is 8.86. The predicted molar refractivity (Wildman–Crippen MR) is 68.1 cm³/mol. The average Bonchev–Trinajstić information content (AvgIpc) is 2.65. The van der Waals surface area contributed by atoms with E-state index in [0.29, 0.717) is 5.95 Å². The quantitative estimate of drug-likeness (QED) is 0.847. The van der Waals surface area contributed by atoms with Crippen LogP contribution < -0.4 is 10.5 Å². The van der Waals surface area contributed by atoms with E-state index in [4.69, 9.17) is 10.5 Å². The first kappa shape index (κ1) is 11.5. The molecule has 0 aliphatic heterocycles. The van der Waals surface area contributed by atoms with Crippen LogP contribution in [0.5, 0.6) is 5.75 Å². The largest absolute Gasteiger partial charge is 0.496 e. The summed E-state index contributed by atoms with van der Waals surface area (Å²) in [6, 6.07) is 8.04. The number of nitrogen functional groups attached to an aromatic ring is 1. The third-order valence-electron chi connectivity index (χ3n) is 2.83. The maximum absolute atomic E-state index is 5.61. The first-order chi connectivity index (χ1) is 8.20. The van der Waals surface area contributed by atoms with Crippen molar-refractivity contribution in [2.45, 2.75) is 19.8 Å². The number of anilines is 1. The molecule has 2 rings (SSSR count). The van der Waals surface area contributed by atoms with Crippen LogP contribution in [0.1, 0.15) is 17.0 Å². The topological polar surface area (TPSA) is 63.9 Å². The second-order valence-corrected chi connectivity index (χ2v) is 4.01. The molecule has 0 saturated carbocycles. The number of aromatic amines is 1. The lowest BCUT2D eigenvalue weighted by atomic mass is 10.1. The summed E-state index contributed by atoms with van der Waals surface area (Å²) in [6.45, 7) is 1.99. The molecule has 1 heterocycles. The molecule has 0 unspecified atom stereocenters. The van der Waals surface area contributed by atoms with Gasteiger partial charge < -0.3 is 15.5 Å². The predicted octanol–water partition coefficient (Wildman–Crippen LogP) is 2.09. The Morgan fingerprint density at radius 2 is 2.06 bits per heavy atom. The van der Waals surface area contributed by atoms with E-state index in [1.54, 1.807) is 7.11 Å². The standard InChI is InChI=1S/C13H17N3O/c1-9-11(16-13(14)15-9)8-7-10-5-3-4-6-12(10)17-2/h3-6H,7-8H2,1-2H3,(H3,14,15,16). The van der Waals surface area contributed by atoms with Crippen molar-refractivity contribution >= 4 is 5.95 Å². The molecule has 0 aliphatic rings. The van der Waals surface area contributed by atoms with Crippen molar-refractivity contribution in [3.8, 4) is 5.75 Å². The highest BCUT2D eigenvalue weighted by molar-refractivity contribution is 5.34. The van der Waals surface area contributed by atoms with E-state index < -0.39 is 0 Å². The second-order valence-electron chi connectivity index (χ2n) is 4.01.